The maximum atomic E-state index is 13.1. The lowest BCUT2D eigenvalue weighted by atomic mass is 9.92. The Morgan fingerprint density at radius 1 is 1.14 bits per heavy atom. The summed E-state index contributed by atoms with van der Waals surface area (Å²) < 4.78 is 56.4. The van der Waals surface area contributed by atoms with Crippen LogP contribution in [0.3, 0.4) is 0 Å². The average molecular weight is 493 g/mol. The summed E-state index contributed by atoms with van der Waals surface area (Å²) in [7, 11) is 0. The average Bonchev–Trinajstić information content (AvgIpc) is 3.31. The van der Waals surface area contributed by atoms with Gasteiger partial charge in [0.05, 0.1) is 30.0 Å². The smallest absolute Gasteiger partial charge is 0.383 e. The largest absolute Gasteiger partial charge is 0.416 e. The van der Waals surface area contributed by atoms with Crippen molar-refractivity contribution in [3.63, 3.8) is 0 Å². The molecule has 0 bridgehead atoms. The number of aromatic nitrogens is 2. The minimum atomic E-state index is -4.40. The molecule has 1 aromatic heterocycles. The number of benzene rings is 1. The van der Waals surface area contributed by atoms with Gasteiger partial charge in [-0.1, -0.05) is 18.7 Å². The first-order valence-electron chi connectivity index (χ1n) is 11.7. The Kier molecular flexibility index (Phi) is 7.63. The van der Waals surface area contributed by atoms with Crippen LogP contribution in [0.2, 0.25) is 0 Å². The molecule has 2 fully saturated rings. The number of halogens is 3. The summed E-state index contributed by atoms with van der Waals surface area (Å²) in [6.45, 7) is 10.6. The van der Waals surface area contributed by atoms with Gasteiger partial charge >= 0.3 is 6.18 Å². The third-order valence-electron chi connectivity index (χ3n) is 6.16. The van der Waals surface area contributed by atoms with Crippen LogP contribution in [0.1, 0.15) is 54.3 Å². The maximum Gasteiger partial charge on any atom is 0.416 e. The van der Waals surface area contributed by atoms with Crippen LogP contribution >= 0.6 is 0 Å². The molecule has 0 atom stereocenters. The van der Waals surface area contributed by atoms with E-state index in [0.29, 0.717) is 61.3 Å². The van der Waals surface area contributed by atoms with Crippen LogP contribution in [-0.2, 0) is 33.4 Å². The van der Waals surface area contributed by atoms with E-state index in [1.165, 1.54) is 6.07 Å². The molecule has 4 rings (SSSR count). The molecule has 2 aliphatic rings. The van der Waals surface area contributed by atoms with E-state index in [1.807, 2.05) is 0 Å². The van der Waals surface area contributed by atoms with Crippen molar-refractivity contribution in [2.75, 3.05) is 31.7 Å². The fourth-order valence-corrected chi connectivity index (χ4v) is 4.34. The van der Waals surface area contributed by atoms with Crippen molar-refractivity contribution in [1.29, 1.82) is 0 Å². The molecule has 2 N–H and O–H groups in total. The van der Waals surface area contributed by atoms with Crippen LogP contribution in [0.15, 0.2) is 36.5 Å². The number of nitrogens with one attached hydrogen (secondary N) is 2. The molecule has 35 heavy (non-hydrogen) atoms. The van der Waals surface area contributed by atoms with Gasteiger partial charge in [0, 0.05) is 37.4 Å². The normalized spacial score (nSPS) is 18.4. The zero-order valence-electron chi connectivity index (χ0n) is 20.0. The number of aryl methyl sites for hydroxylation is 1. The number of alkyl halides is 3. The van der Waals surface area contributed by atoms with Crippen LogP contribution < -0.4 is 10.6 Å². The quantitative estimate of drug-likeness (QED) is 0.554. The monoisotopic (exact) mass is 492 g/mol. The van der Waals surface area contributed by atoms with Crippen molar-refractivity contribution in [1.82, 2.24) is 15.3 Å². The van der Waals surface area contributed by atoms with Gasteiger partial charge in [-0.2, -0.15) is 13.2 Å². The van der Waals surface area contributed by atoms with E-state index in [-0.39, 0.29) is 12.1 Å². The van der Waals surface area contributed by atoms with Crippen molar-refractivity contribution in [2.45, 2.75) is 57.7 Å². The highest BCUT2D eigenvalue weighted by Crippen LogP contribution is 2.33. The first-order valence-corrected chi connectivity index (χ1v) is 11.7. The second kappa shape index (κ2) is 10.5. The second-order valence-corrected chi connectivity index (χ2v) is 9.18. The molecule has 0 radical (unpaired) electrons. The minimum absolute atomic E-state index is 0.109. The molecular weight excluding hydrogens is 461 g/mol. The van der Waals surface area contributed by atoms with Gasteiger partial charge in [0.1, 0.15) is 11.6 Å². The van der Waals surface area contributed by atoms with Gasteiger partial charge in [-0.25, -0.2) is 9.97 Å². The molecular formula is C25H31F3N4O3. The highest BCUT2D eigenvalue weighted by Gasteiger charge is 2.31. The summed E-state index contributed by atoms with van der Waals surface area (Å²) >= 11 is 0. The molecule has 0 amide bonds. The molecule has 7 nitrogen and oxygen atoms in total. The van der Waals surface area contributed by atoms with E-state index >= 15 is 0 Å². The van der Waals surface area contributed by atoms with Gasteiger partial charge in [-0.3, -0.25) is 0 Å². The van der Waals surface area contributed by atoms with Crippen LogP contribution in [0.25, 0.3) is 0 Å². The lowest BCUT2D eigenvalue weighted by Crippen LogP contribution is -2.46. The first-order chi connectivity index (χ1) is 16.6. The number of hydrogen-bond acceptors (Lipinski definition) is 7. The van der Waals surface area contributed by atoms with Crippen molar-refractivity contribution in [2.24, 2.45) is 0 Å². The molecule has 2 aromatic rings. The molecule has 3 heterocycles. The molecule has 10 heteroatoms. The fourth-order valence-electron chi connectivity index (χ4n) is 4.34. The predicted octanol–water partition coefficient (Wildman–Crippen LogP) is 4.68. The van der Waals surface area contributed by atoms with E-state index in [4.69, 9.17) is 14.2 Å². The summed E-state index contributed by atoms with van der Waals surface area (Å²) in [6.07, 6.45) is -2.89. The Labute approximate surface area is 203 Å². The Balaban J connectivity index is 1.57. The van der Waals surface area contributed by atoms with Crippen molar-refractivity contribution in [3.8, 4) is 0 Å². The van der Waals surface area contributed by atoms with Gasteiger partial charge in [-0.15, -0.1) is 0 Å². The van der Waals surface area contributed by atoms with Crippen LogP contribution in [-0.4, -0.2) is 41.9 Å². The van der Waals surface area contributed by atoms with Crippen molar-refractivity contribution >= 4 is 5.82 Å². The number of nitrogens with zero attached hydrogens (tertiary/aromatic N) is 2. The second-order valence-electron chi connectivity index (χ2n) is 9.18. The van der Waals surface area contributed by atoms with Crippen LogP contribution in [0, 0.1) is 6.92 Å². The molecule has 190 valence electrons. The summed E-state index contributed by atoms with van der Waals surface area (Å²) in [4.78, 5) is 9.18. The van der Waals surface area contributed by atoms with E-state index < -0.39 is 18.0 Å². The van der Waals surface area contributed by atoms with Gasteiger partial charge < -0.3 is 24.8 Å². The van der Waals surface area contributed by atoms with Gasteiger partial charge in [0.25, 0.3) is 0 Å². The zero-order chi connectivity index (χ0) is 25.1. The van der Waals surface area contributed by atoms with Crippen molar-refractivity contribution < 1.29 is 27.4 Å². The number of allylic oxidation sites excluding steroid dienone is 1. The zero-order valence-corrected chi connectivity index (χ0v) is 20.0. The summed E-state index contributed by atoms with van der Waals surface area (Å²) in [5, 5.41) is 6.72. The maximum absolute atomic E-state index is 13.1. The van der Waals surface area contributed by atoms with E-state index in [9.17, 15) is 13.2 Å². The number of ether oxygens (including phenoxy) is 3. The van der Waals surface area contributed by atoms with Crippen LogP contribution in [0.5, 0.6) is 0 Å². The topological polar surface area (TPSA) is 77.5 Å². The van der Waals surface area contributed by atoms with Crippen molar-refractivity contribution in [3.05, 3.63) is 64.8 Å². The summed E-state index contributed by atoms with van der Waals surface area (Å²) in [6, 6.07) is 5.22. The number of rotatable bonds is 8. The molecule has 1 aromatic carbocycles. The molecule has 2 aliphatic heterocycles. The predicted molar refractivity (Wildman–Crippen MR) is 125 cm³/mol. The molecule has 0 aliphatic carbocycles. The highest BCUT2D eigenvalue weighted by molar-refractivity contribution is 5.49. The molecule has 0 saturated carbocycles. The molecule has 0 spiro atoms. The Morgan fingerprint density at radius 3 is 2.54 bits per heavy atom. The number of anilines is 1. The van der Waals surface area contributed by atoms with E-state index in [1.54, 1.807) is 13.0 Å². The third kappa shape index (κ3) is 6.50. The van der Waals surface area contributed by atoms with E-state index in [0.717, 1.165) is 30.7 Å². The summed E-state index contributed by atoms with van der Waals surface area (Å²) in [5.41, 5.74) is 1.82. The molecule has 2 saturated heterocycles. The standard InChI is InChI=1S/C25H31F3N4O3/c1-16(32-24(3)7-9-33-10-8-24)13-20-21(23-34-11-12-35-23)22(31-17(2)30-20)29-15-18-5-4-6-19(14-18)25(26,27)28/h4-6,14,23,32H,1,7-13,15H2,2-3H3,(H,29,30,31). The Bertz CT molecular complexity index is 1050. The number of hydrogen-bond donors (Lipinski definition) is 2. The lowest BCUT2D eigenvalue weighted by molar-refractivity contribution is -0.137. The SMILES string of the molecule is C=C(Cc1nc(C)nc(NCc2cccc(C(F)(F)F)c2)c1C1OCCO1)NC1(C)CCOCC1. The van der Waals surface area contributed by atoms with Gasteiger partial charge in [0.2, 0.25) is 0 Å². The summed E-state index contributed by atoms with van der Waals surface area (Å²) in [5.74, 6) is 1.00. The third-order valence-corrected chi connectivity index (χ3v) is 6.16. The Morgan fingerprint density at radius 2 is 1.86 bits per heavy atom. The lowest BCUT2D eigenvalue weighted by Gasteiger charge is -2.36. The Hall–Kier alpha value is -2.69. The fraction of sp³-hybridized carbons (Fsp3) is 0.520. The molecule has 0 unspecified atom stereocenters. The first kappa shape index (κ1) is 25.4. The van der Waals surface area contributed by atoms with Gasteiger partial charge in [-0.05, 0) is 44.4 Å². The van der Waals surface area contributed by atoms with Crippen LogP contribution in [0.4, 0.5) is 19.0 Å². The van der Waals surface area contributed by atoms with E-state index in [2.05, 4.69) is 34.1 Å². The highest BCUT2D eigenvalue weighted by atomic mass is 19.4. The minimum Gasteiger partial charge on any atom is -0.383 e. The van der Waals surface area contributed by atoms with Gasteiger partial charge in [0.15, 0.2) is 6.29 Å².